The molecule has 8 heteroatoms. The largest absolute Gasteiger partial charge is 0.212 e. The minimum Gasteiger partial charge on any atom is -0.212 e. The summed E-state index contributed by atoms with van der Waals surface area (Å²) in [5.74, 6) is 1.10. The summed E-state index contributed by atoms with van der Waals surface area (Å²) in [7, 11) is -7.24. The zero-order valence-corrected chi connectivity index (χ0v) is 24.3. The lowest BCUT2D eigenvalue weighted by atomic mass is 9.69. The molecule has 0 radical (unpaired) electrons. The van der Waals surface area contributed by atoms with Crippen LogP contribution in [-0.2, 0) is 20.0 Å². The first-order valence-corrected chi connectivity index (χ1v) is 17.2. The van der Waals surface area contributed by atoms with E-state index in [-0.39, 0.29) is 33.2 Å². The highest BCUT2D eigenvalue weighted by molar-refractivity contribution is 7.89. The molecule has 0 aliphatic heterocycles. The second-order valence-corrected chi connectivity index (χ2v) is 17.5. The fourth-order valence-electron chi connectivity index (χ4n) is 9.28. The molecule has 6 nitrogen and oxygen atoms in total. The van der Waals surface area contributed by atoms with Gasteiger partial charge in [0.1, 0.15) is 0 Å². The molecule has 4 bridgehead atoms. The number of fused-ring (bicyclic) bond motifs is 4. The molecule has 0 spiro atoms. The Hall–Kier alpha value is -0.700. The number of sulfonamides is 2. The van der Waals surface area contributed by atoms with E-state index in [0.717, 1.165) is 62.5 Å². The lowest BCUT2D eigenvalue weighted by Crippen LogP contribution is -2.56. The van der Waals surface area contributed by atoms with Crippen LogP contribution in [0.1, 0.15) is 91.9 Å². The maximum atomic E-state index is 13.6. The van der Waals surface area contributed by atoms with E-state index < -0.39 is 32.1 Å². The van der Waals surface area contributed by atoms with Crippen LogP contribution in [0.2, 0.25) is 0 Å². The van der Waals surface area contributed by atoms with Crippen molar-refractivity contribution in [1.29, 1.82) is 0 Å². The number of hydrogen-bond acceptors (Lipinski definition) is 4. The first-order chi connectivity index (χ1) is 16.6. The van der Waals surface area contributed by atoms with Crippen molar-refractivity contribution in [1.82, 2.24) is 9.44 Å². The van der Waals surface area contributed by atoms with Gasteiger partial charge in [0.05, 0.1) is 11.5 Å². The van der Waals surface area contributed by atoms with Crippen LogP contribution in [0.5, 0.6) is 0 Å². The van der Waals surface area contributed by atoms with Crippen molar-refractivity contribution in [3.05, 3.63) is 24.3 Å². The molecule has 2 N–H and O–H groups in total. The molecule has 0 unspecified atom stereocenters. The van der Waals surface area contributed by atoms with Crippen molar-refractivity contribution in [2.75, 3.05) is 11.5 Å². The Morgan fingerprint density at radius 2 is 1.06 bits per heavy atom. The number of nitrogens with one attached hydrogen (secondary N) is 2. The van der Waals surface area contributed by atoms with Gasteiger partial charge in [-0.05, 0) is 74.0 Å². The van der Waals surface area contributed by atoms with Gasteiger partial charge < -0.3 is 0 Å². The SMILES string of the molecule is C=C1C[C@H]2CC[C@]1(CS(=O)(=O)N[C@H]1CCCC[C@@H]1NS(=O)(=O)C[C@]13CC[C@H](CC1=C)C3(C)C)C2(C)C. The highest BCUT2D eigenvalue weighted by Crippen LogP contribution is 2.69. The van der Waals surface area contributed by atoms with Gasteiger partial charge in [-0.3, -0.25) is 0 Å². The topological polar surface area (TPSA) is 92.3 Å². The van der Waals surface area contributed by atoms with Gasteiger partial charge >= 0.3 is 0 Å². The van der Waals surface area contributed by atoms with Crippen molar-refractivity contribution in [3.63, 3.8) is 0 Å². The minimum absolute atomic E-state index is 0.0524. The smallest absolute Gasteiger partial charge is 0.212 e. The molecule has 5 saturated carbocycles. The highest BCUT2D eigenvalue weighted by Gasteiger charge is 2.63. The fourth-order valence-corrected chi connectivity index (χ4v) is 13.7. The molecule has 204 valence electrons. The monoisotopic (exact) mass is 538 g/mol. The lowest BCUT2D eigenvalue weighted by molar-refractivity contribution is 0.180. The quantitative estimate of drug-likeness (QED) is 0.430. The van der Waals surface area contributed by atoms with Crippen LogP contribution in [0.25, 0.3) is 0 Å². The minimum atomic E-state index is -3.62. The number of rotatable bonds is 8. The average Bonchev–Trinajstić information content (AvgIpc) is 3.27. The third-order valence-corrected chi connectivity index (χ3v) is 15.1. The molecule has 0 heterocycles. The van der Waals surface area contributed by atoms with E-state index in [2.05, 4.69) is 50.3 Å². The first kappa shape index (κ1) is 26.9. The van der Waals surface area contributed by atoms with Gasteiger partial charge in [-0.2, -0.15) is 0 Å². The second kappa shape index (κ2) is 8.40. The van der Waals surface area contributed by atoms with Gasteiger partial charge in [0.2, 0.25) is 20.0 Å². The maximum Gasteiger partial charge on any atom is 0.212 e. The zero-order valence-electron chi connectivity index (χ0n) is 22.7. The van der Waals surface area contributed by atoms with Crippen molar-refractivity contribution in [2.45, 2.75) is 104 Å². The van der Waals surface area contributed by atoms with Crippen LogP contribution < -0.4 is 9.44 Å². The van der Waals surface area contributed by atoms with Gasteiger partial charge in [-0.15, -0.1) is 0 Å². The summed E-state index contributed by atoms with van der Waals surface area (Å²) >= 11 is 0. The van der Waals surface area contributed by atoms with Crippen molar-refractivity contribution in [2.24, 2.45) is 33.5 Å². The Morgan fingerprint density at radius 3 is 1.33 bits per heavy atom. The molecule has 0 aromatic rings. The van der Waals surface area contributed by atoms with Crippen molar-refractivity contribution < 1.29 is 16.8 Å². The van der Waals surface area contributed by atoms with Gasteiger partial charge in [0.15, 0.2) is 0 Å². The van der Waals surface area contributed by atoms with Gasteiger partial charge in [-0.25, -0.2) is 26.3 Å². The predicted molar refractivity (Wildman–Crippen MR) is 145 cm³/mol. The molecule has 5 rings (SSSR count). The molecule has 5 aliphatic carbocycles. The van der Waals surface area contributed by atoms with Crippen LogP contribution in [0.15, 0.2) is 24.3 Å². The van der Waals surface area contributed by atoms with E-state index in [1.54, 1.807) is 0 Å². The molecule has 0 aromatic heterocycles. The van der Waals surface area contributed by atoms with Crippen LogP contribution >= 0.6 is 0 Å². The van der Waals surface area contributed by atoms with E-state index in [1.165, 1.54) is 0 Å². The molecule has 5 fully saturated rings. The molecule has 6 atom stereocenters. The van der Waals surface area contributed by atoms with Gasteiger partial charge in [-0.1, -0.05) is 64.8 Å². The number of allylic oxidation sites excluding steroid dienone is 2. The Balaban J connectivity index is 1.31. The summed E-state index contributed by atoms with van der Waals surface area (Å²) < 4.78 is 60.1. The Morgan fingerprint density at radius 1 is 0.694 bits per heavy atom. The Kier molecular flexibility index (Phi) is 6.27. The molecule has 5 aliphatic rings. The van der Waals surface area contributed by atoms with E-state index in [4.69, 9.17) is 0 Å². The van der Waals surface area contributed by atoms with E-state index in [1.807, 2.05) is 0 Å². The van der Waals surface area contributed by atoms with Crippen LogP contribution in [0.3, 0.4) is 0 Å². The summed E-state index contributed by atoms with van der Waals surface area (Å²) in [4.78, 5) is 0. The summed E-state index contributed by atoms with van der Waals surface area (Å²) in [5.41, 5.74) is 1.20. The van der Waals surface area contributed by atoms with Crippen molar-refractivity contribution in [3.8, 4) is 0 Å². The molecule has 36 heavy (non-hydrogen) atoms. The highest BCUT2D eigenvalue weighted by atomic mass is 32.2. The maximum absolute atomic E-state index is 13.6. The standard InChI is InChI=1S/C28H46N2O4S2/c1-19-15-21-11-13-27(19,25(21,3)4)17-35(31,32)29-23-9-7-8-10-24(23)30-36(33,34)18-28-14-12-22(16-20(28)2)26(28,5)6/h21-24,29-30H,1-2,7-18H2,3-6H3/t21-,22-,23+,24+,27-,28-/m1/s1. The summed E-state index contributed by atoms with van der Waals surface area (Å²) in [6.07, 6.45) is 8.77. The molecule has 0 saturated heterocycles. The van der Waals surface area contributed by atoms with Crippen LogP contribution in [-0.4, -0.2) is 40.4 Å². The van der Waals surface area contributed by atoms with Gasteiger partial charge in [0.25, 0.3) is 0 Å². The third-order valence-electron chi connectivity index (χ3n) is 12.0. The van der Waals surface area contributed by atoms with Crippen molar-refractivity contribution >= 4 is 20.0 Å². The summed E-state index contributed by atoms with van der Waals surface area (Å²) in [6, 6.07) is -0.836. The lowest BCUT2D eigenvalue weighted by Gasteiger charge is -2.41. The average molecular weight is 539 g/mol. The van der Waals surface area contributed by atoms with Crippen LogP contribution in [0, 0.1) is 33.5 Å². The number of hydrogen-bond donors (Lipinski definition) is 2. The second-order valence-electron chi connectivity index (χ2n) is 13.9. The molecule has 0 amide bonds. The Labute approximate surface area is 219 Å². The predicted octanol–water partition coefficient (Wildman–Crippen LogP) is 4.90. The van der Waals surface area contributed by atoms with E-state index in [9.17, 15) is 16.8 Å². The third kappa shape index (κ3) is 3.91. The first-order valence-electron chi connectivity index (χ1n) is 13.9. The zero-order chi connectivity index (χ0) is 26.4. The Bertz CT molecular complexity index is 1080. The van der Waals surface area contributed by atoms with Crippen LogP contribution in [0.4, 0.5) is 0 Å². The van der Waals surface area contributed by atoms with E-state index in [0.29, 0.717) is 24.7 Å². The summed E-state index contributed by atoms with van der Waals surface area (Å²) in [5, 5.41) is 0. The molecule has 0 aromatic carbocycles. The normalized spacial score (nSPS) is 41.3. The fraction of sp³-hybridized carbons (Fsp3) is 0.857. The molecular weight excluding hydrogens is 492 g/mol. The van der Waals surface area contributed by atoms with E-state index >= 15 is 0 Å². The van der Waals surface area contributed by atoms with Gasteiger partial charge in [0, 0.05) is 22.9 Å². The molecular formula is C28H46N2O4S2. The summed E-state index contributed by atoms with van der Waals surface area (Å²) in [6.45, 7) is 17.4.